The molecule has 0 saturated carbocycles. The van der Waals surface area contributed by atoms with Gasteiger partial charge in [-0.2, -0.15) is 0 Å². The second-order valence-corrected chi connectivity index (χ2v) is 4.37. The van der Waals surface area contributed by atoms with E-state index >= 15 is 0 Å². The third-order valence-corrected chi connectivity index (χ3v) is 2.69. The van der Waals surface area contributed by atoms with E-state index in [4.69, 9.17) is 16.3 Å². The fourth-order valence-corrected chi connectivity index (χ4v) is 1.97. The van der Waals surface area contributed by atoms with Gasteiger partial charge in [-0.1, -0.05) is 35.9 Å². The van der Waals surface area contributed by atoms with Crippen molar-refractivity contribution in [3.63, 3.8) is 0 Å². The Balaban J connectivity index is 2.32. The third-order valence-electron chi connectivity index (χ3n) is 2.50. The van der Waals surface area contributed by atoms with Crippen LogP contribution in [0, 0.1) is 6.92 Å². The molecule has 88 valence electrons. The highest BCUT2D eigenvalue weighted by atomic mass is 35.5. The Morgan fingerprint density at radius 3 is 2.47 bits per heavy atom. The van der Waals surface area contributed by atoms with Crippen molar-refractivity contribution in [2.45, 2.75) is 13.5 Å². The second kappa shape index (κ2) is 5.30. The van der Waals surface area contributed by atoms with Crippen molar-refractivity contribution in [1.82, 2.24) is 4.98 Å². The summed E-state index contributed by atoms with van der Waals surface area (Å²) in [5.74, 6) is 0. The first-order chi connectivity index (χ1) is 8.19. The van der Waals surface area contributed by atoms with Crippen LogP contribution in [0.3, 0.4) is 0 Å². The Bertz CT molecular complexity index is 488. The van der Waals surface area contributed by atoms with Gasteiger partial charge in [0.1, 0.15) is 5.15 Å². The first-order valence-electron chi connectivity index (χ1n) is 5.41. The molecule has 2 rings (SSSR count). The lowest BCUT2D eigenvalue weighted by atomic mass is 10.1. The topological polar surface area (TPSA) is 22.1 Å². The summed E-state index contributed by atoms with van der Waals surface area (Å²) in [5.41, 5.74) is 4.23. The van der Waals surface area contributed by atoms with Gasteiger partial charge in [-0.15, -0.1) is 0 Å². The first-order valence-corrected chi connectivity index (χ1v) is 5.79. The van der Waals surface area contributed by atoms with E-state index in [0.29, 0.717) is 11.8 Å². The standard InChI is InChI=1S/C14H14ClNO/c1-10-7-13(16-14(15)8-10)12-5-3-11(4-6-12)9-17-2/h3-8H,9H2,1-2H3. The van der Waals surface area contributed by atoms with Crippen LogP contribution < -0.4 is 0 Å². The molecule has 1 heterocycles. The molecule has 17 heavy (non-hydrogen) atoms. The summed E-state index contributed by atoms with van der Waals surface area (Å²) in [7, 11) is 1.69. The molecule has 0 radical (unpaired) electrons. The van der Waals surface area contributed by atoms with Crippen molar-refractivity contribution in [3.8, 4) is 11.3 Å². The SMILES string of the molecule is COCc1ccc(-c2cc(C)cc(Cl)n2)cc1. The molecule has 2 nitrogen and oxygen atoms in total. The molecule has 3 heteroatoms. The molecular weight excluding hydrogens is 234 g/mol. The molecule has 0 saturated heterocycles. The maximum atomic E-state index is 5.95. The van der Waals surface area contributed by atoms with Gasteiger partial charge in [0.15, 0.2) is 0 Å². The van der Waals surface area contributed by atoms with Gasteiger partial charge in [0.2, 0.25) is 0 Å². The van der Waals surface area contributed by atoms with Crippen molar-refractivity contribution in [3.05, 3.63) is 52.7 Å². The van der Waals surface area contributed by atoms with E-state index in [-0.39, 0.29) is 0 Å². The highest BCUT2D eigenvalue weighted by Crippen LogP contribution is 2.21. The number of aryl methyl sites for hydroxylation is 1. The van der Waals surface area contributed by atoms with Crippen LogP contribution in [0.2, 0.25) is 5.15 Å². The quantitative estimate of drug-likeness (QED) is 0.769. The van der Waals surface area contributed by atoms with Gasteiger partial charge in [0.25, 0.3) is 0 Å². The number of benzene rings is 1. The Morgan fingerprint density at radius 2 is 1.88 bits per heavy atom. The van der Waals surface area contributed by atoms with Gasteiger partial charge < -0.3 is 4.74 Å². The molecule has 0 fully saturated rings. The van der Waals surface area contributed by atoms with Crippen molar-refractivity contribution >= 4 is 11.6 Å². The number of nitrogens with zero attached hydrogens (tertiary/aromatic N) is 1. The number of ether oxygens (including phenoxy) is 1. The maximum absolute atomic E-state index is 5.95. The minimum absolute atomic E-state index is 0.529. The Labute approximate surface area is 106 Å². The fourth-order valence-electron chi connectivity index (χ4n) is 1.71. The number of hydrogen-bond acceptors (Lipinski definition) is 2. The number of pyridine rings is 1. The smallest absolute Gasteiger partial charge is 0.130 e. The number of halogens is 1. The van der Waals surface area contributed by atoms with E-state index < -0.39 is 0 Å². The van der Waals surface area contributed by atoms with Gasteiger partial charge >= 0.3 is 0 Å². The third kappa shape index (κ3) is 3.05. The molecule has 0 spiro atoms. The van der Waals surface area contributed by atoms with E-state index in [9.17, 15) is 0 Å². The molecule has 1 aromatic heterocycles. The number of hydrogen-bond donors (Lipinski definition) is 0. The largest absolute Gasteiger partial charge is 0.380 e. The monoisotopic (exact) mass is 247 g/mol. The molecule has 0 atom stereocenters. The summed E-state index contributed by atoms with van der Waals surface area (Å²) < 4.78 is 5.07. The van der Waals surface area contributed by atoms with E-state index in [2.05, 4.69) is 4.98 Å². The average molecular weight is 248 g/mol. The molecule has 0 bridgehead atoms. The van der Waals surface area contributed by atoms with Crippen LogP contribution in [0.25, 0.3) is 11.3 Å². The van der Waals surface area contributed by atoms with Gasteiger partial charge in [0.05, 0.1) is 12.3 Å². The Kier molecular flexibility index (Phi) is 3.77. The molecular formula is C14H14ClNO. The van der Waals surface area contributed by atoms with E-state index in [0.717, 1.165) is 22.4 Å². The zero-order valence-corrected chi connectivity index (χ0v) is 10.7. The molecule has 0 amide bonds. The predicted molar refractivity (Wildman–Crippen MR) is 70.1 cm³/mol. The van der Waals surface area contributed by atoms with Crippen LogP contribution in [0.4, 0.5) is 0 Å². The van der Waals surface area contributed by atoms with Crippen molar-refractivity contribution in [2.24, 2.45) is 0 Å². The molecule has 0 unspecified atom stereocenters. The Hall–Kier alpha value is -1.38. The van der Waals surface area contributed by atoms with Crippen LogP contribution in [0.5, 0.6) is 0 Å². The second-order valence-electron chi connectivity index (χ2n) is 3.98. The van der Waals surface area contributed by atoms with E-state index in [1.807, 2.05) is 43.3 Å². The first kappa shape index (κ1) is 12.1. The summed E-state index contributed by atoms with van der Waals surface area (Å²) in [5, 5.41) is 0.529. The van der Waals surface area contributed by atoms with Crippen molar-refractivity contribution < 1.29 is 4.74 Å². The van der Waals surface area contributed by atoms with Crippen LogP contribution in [-0.2, 0) is 11.3 Å². The lowest BCUT2D eigenvalue weighted by Gasteiger charge is -2.05. The molecule has 1 aromatic carbocycles. The number of aromatic nitrogens is 1. The lowest BCUT2D eigenvalue weighted by molar-refractivity contribution is 0.185. The zero-order valence-electron chi connectivity index (χ0n) is 9.90. The minimum atomic E-state index is 0.529. The van der Waals surface area contributed by atoms with Crippen LogP contribution in [0.1, 0.15) is 11.1 Å². The highest BCUT2D eigenvalue weighted by molar-refractivity contribution is 6.29. The summed E-state index contributed by atoms with van der Waals surface area (Å²) in [6.07, 6.45) is 0. The number of methoxy groups -OCH3 is 1. The van der Waals surface area contributed by atoms with Crippen LogP contribution >= 0.6 is 11.6 Å². The molecule has 2 aromatic rings. The lowest BCUT2D eigenvalue weighted by Crippen LogP contribution is -1.89. The van der Waals surface area contributed by atoms with E-state index in [1.54, 1.807) is 7.11 Å². The van der Waals surface area contributed by atoms with E-state index in [1.165, 1.54) is 0 Å². The van der Waals surface area contributed by atoms with Gasteiger partial charge in [-0.05, 0) is 30.2 Å². The summed E-state index contributed by atoms with van der Waals surface area (Å²) in [6.45, 7) is 2.64. The molecule has 0 aliphatic heterocycles. The highest BCUT2D eigenvalue weighted by Gasteiger charge is 2.02. The minimum Gasteiger partial charge on any atom is -0.380 e. The summed E-state index contributed by atoms with van der Waals surface area (Å²) in [4.78, 5) is 4.31. The van der Waals surface area contributed by atoms with Crippen molar-refractivity contribution in [1.29, 1.82) is 0 Å². The number of rotatable bonds is 3. The van der Waals surface area contributed by atoms with Crippen LogP contribution in [-0.4, -0.2) is 12.1 Å². The summed E-state index contributed by atoms with van der Waals surface area (Å²) in [6, 6.07) is 12.0. The maximum Gasteiger partial charge on any atom is 0.130 e. The molecule has 0 aliphatic carbocycles. The van der Waals surface area contributed by atoms with Crippen molar-refractivity contribution in [2.75, 3.05) is 7.11 Å². The normalized spacial score (nSPS) is 10.5. The average Bonchev–Trinajstić information content (AvgIpc) is 2.29. The summed E-state index contributed by atoms with van der Waals surface area (Å²) >= 11 is 5.95. The fraction of sp³-hybridized carbons (Fsp3) is 0.214. The van der Waals surface area contributed by atoms with Crippen LogP contribution in [0.15, 0.2) is 36.4 Å². The van der Waals surface area contributed by atoms with Gasteiger partial charge in [-0.3, -0.25) is 0 Å². The van der Waals surface area contributed by atoms with Gasteiger partial charge in [-0.25, -0.2) is 4.98 Å². The predicted octanol–water partition coefficient (Wildman–Crippen LogP) is 3.86. The zero-order chi connectivity index (χ0) is 12.3. The molecule has 0 N–H and O–H groups in total. The molecule has 0 aliphatic rings. The van der Waals surface area contributed by atoms with Gasteiger partial charge in [0, 0.05) is 12.7 Å². The Morgan fingerprint density at radius 1 is 1.18 bits per heavy atom.